The van der Waals surface area contributed by atoms with Crippen molar-refractivity contribution in [3.63, 3.8) is 0 Å². The van der Waals surface area contributed by atoms with Gasteiger partial charge in [-0.2, -0.15) is 26.3 Å². The number of carbonyl (C=O) groups excluding carboxylic acids is 2. The monoisotopic (exact) mass is 450 g/mol. The van der Waals surface area contributed by atoms with Gasteiger partial charge in [0, 0.05) is 12.8 Å². The van der Waals surface area contributed by atoms with E-state index in [4.69, 9.17) is 19.2 Å². The lowest BCUT2D eigenvalue weighted by molar-refractivity contribution is -0.441. The number of rotatable bonds is 2. The Morgan fingerprint density at radius 3 is 2.17 bits per heavy atom. The highest BCUT2D eigenvalue weighted by molar-refractivity contribution is 5.75. The van der Waals surface area contributed by atoms with Crippen LogP contribution in [0.2, 0.25) is 0 Å². The zero-order valence-corrected chi connectivity index (χ0v) is 15.9. The zero-order valence-electron chi connectivity index (χ0n) is 15.9. The van der Waals surface area contributed by atoms with E-state index in [0.29, 0.717) is 0 Å². The van der Waals surface area contributed by atoms with Gasteiger partial charge in [0.05, 0.1) is 17.9 Å². The van der Waals surface area contributed by atoms with Crippen LogP contribution in [0.3, 0.4) is 0 Å². The molecule has 0 amide bonds. The first-order valence-corrected chi connectivity index (χ1v) is 9.30. The van der Waals surface area contributed by atoms with E-state index in [0.717, 1.165) is 0 Å². The molecule has 0 N–H and O–H groups in total. The molecule has 13 heteroatoms. The predicted molar refractivity (Wildman–Crippen MR) is 82.2 cm³/mol. The Labute approximate surface area is 166 Å². The van der Waals surface area contributed by atoms with E-state index in [-0.39, 0.29) is 25.7 Å². The average molecular weight is 450 g/mol. The molecule has 2 heterocycles. The molecule has 2 aliphatic heterocycles. The molecular formula is C17H20F6O7. The van der Waals surface area contributed by atoms with Crippen molar-refractivity contribution in [2.45, 2.75) is 82.1 Å². The van der Waals surface area contributed by atoms with Crippen LogP contribution in [0.1, 0.15) is 39.5 Å². The molecule has 3 aliphatic rings. The van der Waals surface area contributed by atoms with Crippen molar-refractivity contribution in [2.75, 3.05) is 0 Å². The van der Waals surface area contributed by atoms with Gasteiger partial charge in [0.15, 0.2) is 6.10 Å². The van der Waals surface area contributed by atoms with Gasteiger partial charge in [-0.1, -0.05) is 0 Å². The molecule has 0 aromatic carbocycles. The summed E-state index contributed by atoms with van der Waals surface area (Å²) in [7, 11) is 0. The number of alkyl halides is 6. The minimum absolute atomic E-state index is 0.0401. The number of esters is 2. The molecule has 1 saturated carbocycles. The molecule has 4 unspecified atom stereocenters. The Kier molecular flexibility index (Phi) is 6.02. The molecule has 30 heavy (non-hydrogen) atoms. The Hall–Kier alpha value is -1.60. The van der Waals surface area contributed by atoms with E-state index in [2.05, 4.69) is 4.74 Å². The highest BCUT2D eigenvalue weighted by atomic mass is 19.4. The average Bonchev–Trinajstić information content (AvgIpc) is 2.83. The van der Waals surface area contributed by atoms with Crippen molar-refractivity contribution in [1.29, 1.82) is 0 Å². The number of fused-ring (bicyclic) bond motifs is 1. The molecule has 2 saturated heterocycles. The Bertz CT molecular complexity index is 656. The van der Waals surface area contributed by atoms with Crippen LogP contribution in [0.25, 0.3) is 0 Å². The lowest BCUT2D eigenvalue weighted by Crippen LogP contribution is -2.48. The Morgan fingerprint density at radius 2 is 1.63 bits per heavy atom. The van der Waals surface area contributed by atoms with Gasteiger partial charge in [-0.3, -0.25) is 9.59 Å². The van der Waals surface area contributed by atoms with Gasteiger partial charge in [0.1, 0.15) is 6.10 Å². The summed E-state index contributed by atoms with van der Waals surface area (Å²) in [5, 5.41) is 0. The third-order valence-corrected chi connectivity index (χ3v) is 5.52. The standard InChI is InChI=1S/C17H20F6O7/c1-7-10-11(26-12(7)24)8(2)28-15(30-29-10)5-3-9(4-6-15)13(25)27-14(16(18,19)20)17(21,22)23/h7-11,14H,3-6H2,1-2H3. The second-order valence-electron chi connectivity index (χ2n) is 7.74. The third kappa shape index (κ3) is 4.52. The van der Waals surface area contributed by atoms with E-state index in [1.54, 1.807) is 13.8 Å². The van der Waals surface area contributed by atoms with Crippen molar-refractivity contribution in [2.24, 2.45) is 11.8 Å². The molecule has 4 atom stereocenters. The summed E-state index contributed by atoms with van der Waals surface area (Å²) in [5.74, 6) is -5.23. The van der Waals surface area contributed by atoms with Crippen LogP contribution >= 0.6 is 0 Å². The largest absolute Gasteiger partial charge is 0.456 e. The Balaban J connectivity index is 1.62. The van der Waals surface area contributed by atoms with Crippen molar-refractivity contribution < 1.29 is 59.9 Å². The lowest BCUT2D eigenvalue weighted by atomic mass is 9.85. The highest BCUT2D eigenvalue weighted by Gasteiger charge is 2.60. The van der Waals surface area contributed by atoms with Crippen LogP contribution in [0.4, 0.5) is 26.3 Å². The minimum atomic E-state index is -5.77. The molecule has 0 aromatic rings. The number of carbonyl (C=O) groups is 2. The van der Waals surface area contributed by atoms with Crippen molar-refractivity contribution >= 4 is 11.9 Å². The van der Waals surface area contributed by atoms with Gasteiger partial charge in [-0.15, -0.1) is 0 Å². The molecule has 0 aromatic heterocycles. The van der Waals surface area contributed by atoms with E-state index in [9.17, 15) is 35.9 Å². The first-order chi connectivity index (χ1) is 13.7. The van der Waals surface area contributed by atoms with E-state index >= 15 is 0 Å². The summed E-state index contributed by atoms with van der Waals surface area (Å²) < 4.78 is 90.4. The van der Waals surface area contributed by atoms with Crippen LogP contribution < -0.4 is 0 Å². The second kappa shape index (κ2) is 7.83. The maximum atomic E-state index is 12.6. The summed E-state index contributed by atoms with van der Waals surface area (Å²) >= 11 is 0. The fourth-order valence-corrected chi connectivity index (χ4v) is 3.82. The molecule has 1 spiro atoms. The van der Waals surface area contributed by atoms with Crippen LogP contribution in [0, 0.1) is 11.8 Å². The van der Waals surface area contributed by atoms with Crippen LogP contribution in [0.15, 0.2) is 0 Å². The molecule has 1 aliphatic carbocycles. The number of hydrogen-bond donors (Lipinski definition) is 0. The van der Waals surface area contributed by atoms with E-state index in [1.165, 1.54) is 0 Å². The molecule has 0 bridgehead atoms. The Morgan fingerprint density at radius 1 is 1.07 bits per heavy atom. The van der Waals surface area contributed by atoms with E-state index < -0.39 is 66.3 Å². The number of halogens is 6. The zero-order chi connectivity index (χ0) is 22.5. The summed E-state index contributed by atoms with van der Waals surface area (Å²) in [5.41, 5.74) is 0. The van der Waals surface area contributed by atoms with Crippen LogP contribution in [-0.2, 0) is 33.6 Å². The summed E-state index contributed by atoms with van der Waals surface area (Å²) in [6.45, 7) is 3.21. The van der Waals surface area contributed by atoms with Crippen molar-refractivity contribution in [1.82, 2.24) is 0 Å². The normalized spacial score (nSPS) is 37.6. The van der Waals surface area contributed by atoms with Crippen molar-refractivity contribution in [3.05, 3.63) is 0 Å². The molecule has 0 radical (unpaired) electrons. The highest BCUT2D eigenvalue weighted by Crippen LogP contribution is 2.43. The van der Waals surface area contributed by atoms with Gasteiger partial charge < -0.3 is 14.2 Å². The van der Waals surface area contributed by atoms with Gasteiger partial charge in [-0.05, 0) is 26.7 Å². The first-order valence-electron chi connectivity index (χ1n) is 9.30. The lowest BCUT2D eigenvalue weighted by Gasteiger charge is -2.38. The maximum absolute atomic E-state index is 12.6. The van der Waals surface area contributed by atoms with Crippen LogP contribution in [-0.4, -0.2) is 54.5 Å². The second-order valence-corrected chi connectivity index (χ2v) is 7.74. The summed E-state index contributed by atoms with van der Waals surface area (Å²) in [6, 6.07) is 0. The van der Waals surface area contributed by atoms with Crippen molar-refractivity contribution in [3.8, 4) is 0 Å². The summed E-state index contributed by atoms with van der Waals surface area (Å²) in [4.78, 5) is 34.4. The third-order valence-electron chi connectivity index (χ3n) is 5.52. The number of ether oxygens (including phenoxy) is 3. The van der Waals surface area contributed by atoms with Gasteiger partial charge >= 0.3 is 24.3 Å². The minimum Gasteiger partial charge on any atom is -0.456 e. The SMILES string of the molecule is CC1OC2(CCC(C(=O)OC(C(F)(F)F)C(F)(F)F)CC2)OOC2C(C)C(=O)OC12. The first kappa shape index (κ1) is 23.1. The van der Waals surface area contributed by atoms with Crippen LogP contribution in [0.5, 0.6) is 0 Å². The number of hydrogen-bond acceptors (Lipinski definition) is 7. The topological polar surface area (TPSA) is 80.3 Å². The summed E-state index contributed by atoms with van der Waals surface area (Å²) in [6.07, 6.45) is -18.2. The van der Waals surface area contributed by atoms with E-state index in [1.807, 2.05) is 0 Å². The molecule has 7 nitrogen and oxygen atoms in total. The molecule has 172 valence electrons. The molecular weight excluding hydrogens is 430 g/mol. The fraction of sp³-hybridized carbons (Fsp3) is 0.882. The van der Waals surface area contributed by atoms with Gasteiger partial charge in [0.2, 0.25) is 5.79 Å². The predicted octanol–water partition coefficient (Wildman–Crippen LogP) is 3.21. The molecule has 3 rings (SSSR count). The molecule has 3 fully saturated rings. The maximum Gasteiger partial charge on any atom is 0.434 e. The van der Waals surface area contributed by atoms with Gasteiger partial charge in [-0.25, -0.2) is 9.78 Å². The van der Waals surface area contributed by atoms with Gasteiger partial charge in [0.25, 0.3) is 6.10 Å². The fourth-order valence-electron chi connectivity index (χ4n) is 3.82. The quantitative estimate of drug-likeness (QED) is 0.363. The smallest absolute Gasteiger partial charge is 0.434 e.